The fourth-order valence-electron chi connectivity index (χ4n) is 3.71. The van der Waals surface area contributed by atoms with Crippen molar-refractivity contribution in [3.63, 3.8) is 0 Å². The Morgan fingerprint density at radius 2 is 1.85 bits per heavy atom. The summed E-state index contributed by atoms with van der Waals surface area (Å²) in [6.07, 6.45) is 8.34. The first-order valence-electron chi connectivity index (χ1n) is 9.77. The van der Waals surface area contributed by atoms with E-state index >= 15 is 0 Å². The Labute approximate surface area is 163 Å². The van der Waals surface area contributed by atoms with Gasteiger partial charge in [0.1, 0.15) is 5.75 Å². The normalized spacial score (nSPS) is 16.1. The number of nitrogens with one attached hydrogen (secondary N) is 1. The Kier molecular flexibility index (Phi) is 8.57. The van der Waals surface area contributed by atoms with Crippen LogP contribution in [0, 0.1) is 0 Å². The molecule has 0 spiro atoms. The molecule has 0 atom stereocenters. The zero-order valence-corrected chi connectivity index (χ0v) is 17.3. The minimum atomic E-state index is -3.31. The van der Waals surface area contributed by atoms with Gasteiger partial charge in [-0.1, -0.05) is 43.9 Å². The molecule has 0 bridgehead atoms. The van der Waals surface area contributed by atoms with Crippen LogP contribution in [-0.2, 0) is 21.2 Å². The van der Waals surface area contributed by atoms with E-state index < -0.39 is 10.0 Å². The molecule has 1 saturated carbocycles. The van der Waals surface area contributed by atoms with Crippen LogP contribution in [-0.4, -0.2) is 51.1 Å². The molecule has 152 valence electrons. The number of para-hydroxylation sites is 1. The van der Waals surface area contributed by atoms with Gasteiger partial charge in [0, 0.05) is 25.6 Å². The van der Waals surface area contributed by atoms with Crippen molar-refractivity contribution in [1.29, 1.82) is 0 Å². The van der Waals surface area contributed by atoms with Gasteiger partial charge >= 0.3 is 0 Å². The minimum absolute atomic E-state index is 0.0314. The second-order valence-electron chi connectivity index (χ2n) is 7.18. The Morgan fingerprint density at radius 3 is 2.48 bits per heavy atom. The molecule has 1 amide bonds. The number of carbonyl (C=O) groups excluding carboxylic acids is 1. The molecule has 6 nitrogen and oxygen atoms in total. The molecular formula is C20H32N2O4S. The third-order valence-electron chi connectivity index (χ3n) is 5.13. The maximum Gasteiger partial charge on any atom is 0.221 e. The number of nitrogens with zero attached hydrogens (tertiary/aromatic N) is 1. The van der Waals surface area contributed by atoms with Crippen LogP contribution in [0.4, 0.5) is 0 Å². The Morgan fingerprint density at radius 1 is 1.19 bits per heavy atom. The highest BCUT2D eigenvalue weighted by atomic mass is 32.2. The van der Waals surface area contributed by atoms with Crippen molar-refractivity contribution in [1.82, 2.24) is 9.62 Å². The summed E-state index contributed by atoms with van der Waals surface area (Å²) in [7, 11) is -1.68. The topological polar surface area (TPSA) is 75.7 Å². The van der Waals surface area contributed by atoms with Crippen molar-refractivity contribution in [2.24, 2.45) is 0 Å². The van der Waals surface area contributed by atoms with Crippen LogP contribution in [0.2, 0.25) is 0 Å². The summed E-state index contributed by atoms with van der Waals surface area (Å²) in [5, 5.41) is 2.89. The molecule has 0 aliphatic heterocycles. The summed E-state index contributed by atoms with van der Waals surface area (Å²) in [6.45, 7) is 0.755. The molecule has 1 aromatic carbocycles. The Hall–Kier alpha value is -1.60. The van der Waals surface area contributed by atoms with Crippen molar-refractivity contribution in [3.05, 3.63) is 29.8 Å². The van der Waals surface area contributed by atoms with E-state index in [1.165, 1.54) is 10.6 Å². The van der Waals surface area contributed by atoms with Crippen LogP contribution in [0.15, 0.2) is 24.3 Å². The van der Waals surface area contributed by atoms with Crippen molar-refractivity contribution < 1.29 is 17.9 Å². The lowest BCUT2D eigenvalue weighted by Crippen LogP contribution is -2.41. The lowest BCUT2D eigenvalue weighted by molar-refractivity contribution is -0.121. The van der Waals surface area contributed by atoms with Gasteiger partial charge in [0.2, 0.25) is 15.9 Å². The summed E-state index contributed by atoms with van der Waals surface area (Å²) in [4.78, 5) is 12.2. The Bertz CT molecular complexity index is 698. The highest BCUT2D eigenvalue weighted by molar-refractivity contribution is 7.88. The maximum atomic E-state index is 12.2. The average Bonchev–Trinajstić information content (AvgIpc) is 2.90. The predicted octanol–water partition coefficient (Wildman–Crippen LogP) is 2.73. The molecule has 0 aromatic heterocycles. The summed E-state index contributed by atoms with van der Waals surface area (Å²) < 4.78 is 31.3. The molecule has 1 aromatic rings. The highest BCUT2D eigenvalue weighted by Crippen LogP contribution is 2.24. The van der Waals surface area contributed by atoms with Gasteiger partial charge in [-0.15, -0.1) is 0 Å². The van der Waals surface area contributed by atoms with E-state index in [9.17, 15) is 13.2 Å². The number of methoxy groups -OCH3 is 1. The molecule has 0 unspecified atom stereocenters. The summed E-state index contributed by atoms with van der Waals surface area (Å²) in [5.74, 6) is 0.690. The van der Waals surface area contributed by atoms with E-state index in [1.54, 1.807) is 7.11 Å². The Balaban J connectivity index is 1.82. The van der Waals surface area contributed by atoms with Crippen LogP contribution < -0.4 is 10.1 Å². The predicted molar refractivity (Wildman–Crippen MR) is 107 cm³/mol. The summed E-state index contributed by atoms with van der Waals surface area (Å²) in [5.41, 5.74) is 1.04. The van der Waals surface area contributed by atoms with Crippen LogP contribution in [0.5, 0.6) is 5.75 Å². The smallest absolute Gasteiger partial charge is 0.221 e. The van der Waals surface area contributed by atoms with E-state index in [1.807, 2.05) is 24.3 Å². The minimum Gasteiger partial charge on any atom is -0.496 e. The molecule has 0 radical (unpaired) electrons. The summed E-state index contributed by atoms with van der Waals surface area (Å²) in [6, 6.07) is 7.75. The lowest BCUT2D eigenvalue weighted by atomic mass is 10.1. The third kappa shape index (κ3) is 7.14. The third-order valence-corrected chi connectivity index (χ3v) is 6.46. The van der Waals surface area contributed by atoms with Crippen LogP contribution in [0.25, 0.3) is 0 Å². The molecule has 1 N–H and O–H groups in total. The zero-order chi connectivity index (χ0) is 19.7. The monoisotopic (exact) mass is 396 g/mol. The number of rotatable bonds is 9. The molecular weight excluding hydrogens is 364 g/mol. The standard InChI is InChI=1S/C20H32N2O4S/c1-26-19-12-8-7-9-17(19)13-15-21-20(23)14-16-22(27(2,24)25)18-10-5-3-4-6-11-18/h7-9,12,18H,3-6,10-11,13-16H2,1-2H3,(H,21,23). The zero-order valence-electron chi connectivity index (χ0n) is 16.4. The molecule has 0 heterocycles. The molecule has 1 aliphatic rings. The maximum absolute atomic E-state index is 12.2. The van der Waals surface area contributed by atoms with Gasteiger partial charge in [0.15, 0.2) is 0 Å². The first kappa shape index (κ1) is 21.7. The number of ether oxygens (including phenoxy) is 1. The van der Waals surface area contributed by atoms with Crippen LogP contribution in [0.3, 0.4) is 0 Å². The van der Waals surface area contributed by atoms with Crippen molar-refractivity contribution >= 4 is 15.9 Å². The van der Waals surface area contributed by atoms with Crippen molar-refractivity contribution in [2.75, 3.05) is 26.5 Å². The molecule has 1 aliphatic carbocycles. The number of hydrogen-bond acceptors (Lipinski definition) is 4. The van der Waals surface area contributed by atoms with Gasteiger partial charge in [-0.25, -0.2) is 8.42 Å². The van der Waals surface area contributed by atoms with E-state index in [-0.39, 0.29) is 24.9 Å². The van der Waals surface area contributed by atoms with E-state index in [4.69, 9.17) is 4.74 Å². The van der Waals surface area contributed by atoms with E-state index in [0.29, 0.717) is 13.0 Å². The molecule has 27 heavy (non-hydrogen) atoms. The lowest BCUT2D eigenvalue weighted by Gasteiger charge is -2.28. The van der Waals surface area contributed by atoms with Crippen molar-refractivity contribution in [2.45, 2.75) is 57.4 Å². The van der Waals surface area contributed by atoms with Gasteiger partial charge in [0.05, 0.1) is 13.4 Å². The first-order chi connectivity index (χ1) is 12.9. The van der Waals surface area contributed by atoms with Crippen LogP contribution >= 0.6 is 0 Å². The number of hydrogen-bond donors (Lipinski definition) is 1. The first-order valence-corrected chi connectivity index (χ1v) is 11.6. The number of carbonyl (C=O) groups is 1. The molecule has 2 rings (SSSR count). The highest BCUT2D eigenvalue weighted by Gasteiger charge is 2.27. The van der Waals surface area contributed by atoms with Gasteiger partial charge in [0.25, 0.3) is 0 Å². The fourth-order valence-corrected chi connectivity index (χ4v) is 4.89. The second-order valence-corrected chi connectivity index (χ2v) is 9.12. The van der Waals surface area contributed by atoms with Gasteiger partial charge in [-0.05, 0) is 30.9 Å². The summed E-state index contributed by atoms with van der Waals surface area (Å²) >= 11 is 0. The molecule has 1 fully saturated rings. The average molecular weight is 397 g/mol. The quantitative estimate of drug-likeness (QED) is 0.651. The SMILES string of the molecule is COc1ccccc1CCNC(=O)CCN(C1CCCCCC1)S(C)(=O)=O. The number of benzene rings is 1. The number of sulfonamides is 1. The largest absolute Gasteiger partial charge is 0.496 e. The molecule has 0 saturated heterocycles. The van der Waals surface area contributed by atoms with Crippen LogP contribution in [0.1, 0.15) is 50.5 Å². The van der Waals surface area contributed by atoms with Gasteiger partial charge in [-0.3, -0.25) is 4.79 Å². The van der Waals surface area contributed by atoms with Crippen molar-refractivity contribution in [3.8, 4) is 5.75 Å². The van der Waals surface area contributed by atoms with E-state index in [2.05, 4.69) is 5.32 Å². The fraction of sp³-hybridized carbons (Fsp3) is 0.650. The van der Waals surface area contributed by atoms with E-state index in [0.717, 1.165) is 49.8 Å². The second kappa shape index (κ2) is 10.7. The van der Waals surface area contributed by atoms with Gasteiger partial charge in [-0.2, -0.15) is 4.31 Å². The number of amides is 1. The van der Waals surface area contributed by atoms with Gasteiger partial charge < -0.3 is 10.1 Å². The molecule has 7 heteroatoms.